The zero-order valence-corrected chi connectivity index (χ0v) is 16.3. The number of aryl methyl sites for hydroxylation is 1. The van der Waals surface area contributed by atoms with Crippen LogP contribution < -0.4 is 10.2 Å². The zero-order valence-electron chi connectivity index (χ0n) is 16.3. The summed E-state index contributed by atoms with van der Waals surface area (Å²) >= 11 is 0. The number of piperidine rings is 1. The third-order valence-corrected chi connectivity index (χ3v) is 5.28. The Labute approximate surface area is 161 Å². The van der Waals surface area contributed by atoms with E-state index in [4.69, 9.17) is 4.74 Å². The molecule has 0 atom stereocenters. The molecule has 0 saturated carbocycles. The predicted molar refractivity (Wildman–Crippen MR) is 105 cm³/mol. The van der Waals surface area contributed by atoms with Crippen LogP contribution in [0.25, 0.3) is 0 Å². The van der Waals surface area contributed by atoms with Crippen molar-refractivity contribution in [3.05, 3.63) is 29.8 Å². The lowest BCUT2D eigenvalue weighted by Crippen LogP contribution is -2.55. The molecule has 0 radical (unpaired) electrons. The lowest BCUT2D eigenvalue weighted by Gasteiger charge is -2.38. The summed E-state index contributed by atoms with van der Waals surface area (Å²) in [7, 11) is 0. The molecule has 1 N–H and O–H groups in total. The second-order valence-corrected chi connectivity index (χ2v) is 7.22. The number of carbonyl (C=O) groups excluding carboxylic acids is 2. The Balaban J connectivity index is 1.42. The van der Waals surface area contributed by atoms with Crippen molar-refractivity contribution in [3.63, 3.8) is 0 Å². The number of benzene rings is 1. The Bertz CT molecular complexity index is 650. The fourth-order valence-electron chi connectivity index (χ4n) is 3.68. The standard InChI is InChI=1S/C20H30N4O3/c1-3-27-20(26)24-9-7-17(8-10-24)21-19(25)23-13-11-22(12-14-23)18-6-4-5-16(2)15-18/h4-6,15,17H,3,7-14H2,1-2H3,(H,21,25). The van der Waals surface area contributed by atoms with Crippen LogP contribution in [0.15, 0.2) is 24.3 Å². The molecule has 0 bridgehead atoms. The number of anilines is 1. The topological polar surface area (TPSA) is 65.1 Å². The molecule has 3 rings (SSSR count). The largest absolute Gasteiger partial charge is 0.450 e. The molecule has 0 unspecified atom stereocenters. The molecule has 7 nitrogen and oxygen atoms in total. The minimum Gasteiger partial charge on any atom is -0.450 e. The van der Waals surface area contributed by atoms with Crippen LogP contribution in [0.2, 0.25) is 0 Å². The molecule has 7 heteroatoms. The van der Waals surface area contributed by atoms with Gasteiger partial charge in [0.05, 0.1) is 6.61 Å². The molecule has 2 aliphatic rings. The highest BCUT2D eigenvalue weighted by molar-refractivity contribution is 5.75. The second-order valence-electron chi connectivity index (χ2n) is 7.22. The molecule has 0 aromatic heterocycles. The average Bonchev–Trinajstić information content (AvgIpc) is 2.69. The van der Waals surface area contributed by atoms with Gasteiger partial charge < -0.3 is 24.8 Å². The van der Waals surface area contributed by atoms with Crippen LogP contribution in [0.3, 0.4) is 0 Å². The van der Waals surface area contributed by atoms with Gasteiger partial charge in [-0.1, -0.05) is 12.1 Å². The van der Waals surface area contributed by atoms with E-state index in [0.717, 1.165) is 39.0 Å². The first-order chi connectivity index (χ1) is 13.1. The summed E-state index contributed by atoms with van der Waals surface area (Å²) in [5, 5.41) is 3.13. The molecule has 0 aliphatic carbocycles. The molecule has 27 heavy (non-hydrogen) atoms. The number of carbonyl (C=O) groups is 2. The molecule has 1 aromatic carbocycles. The number of amides is 3. The summed E-state index contributed by atoms with van der Waals surface area (Å²) < 4.78 is 5.03. The van der Waals surface area contributed by atoms with Crippen molar-refractivity contribution < 1.29 is 14.3 Å². The van der Waals surface area contributed by atoms with Crippen LogP contribution in [-0.4, -0.2) is 73.8 Å². The van der Waals surface area contributed by atoms with E-state index in [0.29, 0.717) is 19.7 Å². The number of hydrogen-bond donors (Lipinski definition) is 1. The number of nitrogens with one attached hydrogen (secondary N) is 1. The monoisotopic (exact) mass is 374 g/mol. The van der Waals surface area contributed by atoms with Crippen LogP contribution in [0.1, 0.15) is 25.3 Å². The van der Waals surface area contributed by atoms with Gasteiger partial charge in [-0.15, -0.1) is 0 Å². The third-order valence-electron chi connectivity index (χ3n) is 5.28. The van der Waals surface area contributed by atoms with Crippen LogP contribution in [0.5, 0.6) is 0 Å². The summed E-state index contributed by atoms with van der Waals surface area (Å²) in [4.78, 5) is 30.3. The molecule has 148 valence electrons. The number of piperazine rings is 1. The van der Waals surface area contributed by atoms with E-state index >= 15 is 0 Å². The van der Waals surface area contributed by atoms with E-state index in [1.54, 1.807) is 4.90 Å². The SMILES string of the molecule is CCOC(=O)N1CCC(NC(=O)N2CCN(c3cccc(C)c3)CC2)CC1. The molecule has 1 aromatic rings. The van der Waals surface area contributed by atoms with Crippen molar-refractivity contribution in [1.82, 2.24) is 15.1 Å². The molecule has 2 saturated heterocycles. The van der Waals surface area contributed by atoms with Crippen molar-refractivity contribution in [2.75, 3.05) is 50.8 Å². The van der Waals surface area contributed by atoms with Gasteiger partial charge in [-0.3, -0.25) is 0 Å². The molecule has 2 fully saturated rings. The first kappa shape index (κ1) is 19.3. The van der Waals surface area contributed by atoms with Gasteiger partial charge in [0.1, 0.15) is 0 Å². The van der Waals surface area contributed by atoms with Gasteiger partial charge in [-0.25, -0.2) is 9.59 Å². The predicted octanol–water partition coefficient (Wildman–Crippen LogP) is 2.45. The first-order valence-corrected chi connectivity index (χ1v) is 9.85. The van der Waals surface area contributed by atoms with Gasteiger partial charge in [0.15, 0.2) is 0 Å². The number of nitrogens with zero attached hydrogens (tertiary/aromatic N) is 3. The Kier molecular flexibility index (Phi) is 6.42. The zero-order chi connectivity index (χ0) is 19.2. The number of likely N-dealkylation sites (tertiary alicyclic amines) is 1. The maximum Gasteiger partial charge on any atom is 0.409 e. The second kappa shape index (κ2) is 8.97. The Morgan fingerprint density at radius 3 is 2.41 bits per heavy atom. The minimum atomic E-state index is -0.255. The van der Waals surface area contributed by atoms with E-state index < -0.39 is 0 Å². The van der Waals surface area contributed by atoms with Gasteiger partial charge in [-0.2, -0.15) is 0 Å². The fraction of sp³-hybridized carbons (Fsp3) is 0.600. The summed E-state index contributed by atoms with van der Waals surface area (Å²) in [6.07, 6.45) is 1.29. The smallest absolute Gasteiger partial charge is 0.409 e. The van der Waals surface area contributed by atoms with Crippen LogP contribution in [-0.2, 0) is 4.74 Å². The molecule has 2 aliphatic heterocycles. The average molecular weight is 374 g/mol. The van der Waals surface area contributed by atoms with Gasteiger partial charge in [0.25, 0.3) is 0 Å². The van der Waals surface area contributed by atoms with E-state index in [1.165, 1.54) is 11.3 Å². The van der Waals surface area contributed by atoms with E-state index in [-0.39, 0.29) is 18.2 Å². The Morgan fingerprint density at radius 2 is 1.78 bits per heavy atom. The number of hydrogen-bond acceptors (Lipinski definition) is 4. The Morgan fingerprint density at radius 1 is 1.07 bits per heavy atom. The Hall–Kier alpha value is -2.44. The van der Waals surface area contributed by atoms with Crippen molar-refractivity contribution in [1.29, 1.82) is 0 Å². The molecular weight excluding hydrogens is 344 g/mol. The lowest BCUT2D eigenvalue weighted by molar-refractivity contribution is 0.0950. The van der Waals surface area contributed by atoms with Crippen molar-refractivity contribution in [3.8, 4) is 0 Å². The van der Waals surface area contributed by atoms with Gasteiger partial charge in [0.2, 0.25) is 0 Å². The molecular formula is C20H30N4O3. The van der Waals surface area contributed by atoms with Crippen molar-refractivity contribution >= 4 is 17.8 Å². The highest BCUT2D eigenvalue weighted by Crippen LogP contribution is 2.18. The van der Waals surface area contributed by atoms with Crippen molar-refractivity contribution in [2.24, 2.45) is 0 Å². The van der Waals surface area contributed by atoms with E-state index in [2.05, 4.69) is 41.4 Å². The maximum absolute atomic E-state index is 12.6. The van der Waals surface area contributed by atoms with Crippen LogP contribution in [0.4, 0.5) is 15.3 Å². The van der Waals surface area contributed by atoms with Gasteiger partial charge in [-0.05, 0) is 44.4 Å². The summed E-state index contributed by atoms with van der Waals surface area (Å²) in [6, 6.07) is 8.62. The number of rotatable bonds is 3. The quantitative estimate of drug-likeness (QED) is 0.883. The third kappa shape index (κ3) is 5.05. The normalized spacial score (nSPS) is 18.4. The molecule has 3 amide bonds. The minimum absolute atomic E-state index is 0.00785. The molecule has 2 heterocycles. The highest BCUT2D eigenvalue weighted by Gasteiger charge is 2.27. The van der Waals surface area contributed by atoms with E-state index in [1.807, 2.05) is 11.8 Å². The summed E-state index contributed by atoms with van der Waals surface area (Å²) in [5.74, 6) is 0. The van der Waals surface area contributed by atoms with Gasteiger partial charge >= 0.3 is 12.1 Å². The number of ether oxygens (including phenoxy) is 1. The lowest BCUT2D eigenvalue weighted by atomic mass is 10.1. The maximum atomic E-state index is 12.6. The van der Waals surface area contributed by atoms with Gasteiger partial charge in [0, 0.05) is 51.0 Å². The fourth-order valence-corrected chi connectivity index (χ4v) is 3.68. The van der Waals surface area contributed by atoms with Crippen molar-refractivity contribution in [2.45, 2.75) is 32.7 Å². The first-order valence-electron chi connectivity index (χ1n) is 9.85. The number of urea groups is 1. The van der Waals surface area contributed by atoms with Crippen LogP contribution >= 0.6 is 0 Å². The van der Waals surface area contributed by atoms with Crippen LogP contribution in [0, 0.1) is 6.92 Å². The highest BCUT2D eigenvalue weighted by atomic mass is 16.6. The summed E-state index contributed by atoms with van der Waals surface area (Å²) in [6.45, 7) is 8.70. The summed E-state index contributed by atoms with van der Waals surface area (Å²) in [5.41, 5.74) is 2.48. The molecule has 0 spiro atoms. The van der Waals surface area contributed by atoms with E-state index in [9.17, 15) is 9.59 Å².